The highest BCUT2D eigenvalue weighted by molar-refractivity contribution is 7.80. The molecule has 0 aliphatic heterocycles. The molecule has 0 aliphatic carbocycles. The molecule has 164 valence electrons. The topological polar surface area (TPSA) is 96.2 Å². The summed E-state index contributed by atoms with van der Waals surface area (Å²) in [5.41, 5.74) is 7.56. The maximum absolute atomic E-state index is 12.7. The van der Waals surface area contributed by atoms with Gasteiger partial charge >= 0.3 is 5.69 Å². The van der Waals surface area contributed by atoms with Crippen LogP contribution < -0.4 is 27.2 Å². The summed E-state index contributed by atoms with van der Waals surface area (Å²) < 4.78 is 1.42. The van der Waals surface area contributed by atoms with E-state index >= 15 is 0 Å². The van der Waals surface area contributed by atoms with E-state index in [1.54, 1.807) is 4.90 Å². The van der Waals surface area contributed by atoms with Gasteiger partial charge in [-0.2, -0.15) is 0 Å². The Morgan fingerprint density at radius 1 is 1.17 bits per heavy atom. The molecule has 4 N–H and O–H groups in total. The van der Waals surface area contributed by atoms with Crippen molar-refractivity contribution in [3.8, 4) is 0 Å². The third kappa shape index (κ3) is 5.72. The molecule has 0 fully saturated rings. The molecule has 0 saturated carbocycles. The molecule has 2 aromatic rings. The molecule has 8 heteroatoms. The summed E-state index contributed by atoms with van der Waals surface area (Å²) in [7, 11) is 0. The van der Waals surface area contributed by atoms with E-state index in [-0.39, 0.29) is 11.5 Å². The van der Waals surface area contributed by atoms with Crippen LogP contribution in [0.15, 0.2) is 33.9 Å². The van der Waals surface area contributed by atoms with Gasteiger partial charge in [-0.1, -0.05) is 52.7 Å². The number of nitrogens with two attached hydrogens (primary N) is 1. The molecule has 1 aromatic heterocycles. The molecule has 0 aliphatic rings. The van der Waals surface area contributed by atoms with Crippen LogP contribution in [0.3, 0.4) is 0 Å². The molecule has 0 atom stereocenters. The average molecular weight is 432 g/mol. The van der Waals surface area contributed by atoms with Crippen LogP contribution >= 0.6 is 12.2 Å². The molecule has 2 rings (SSSR count). The standard InChI is InChI=1S/C22H33N5O2S/c1-5-7-13-26(22(30)24-17-11-9-16(10-12-17)15(3)4)18-19(23)27(14-8-6-2)21(29)25-20(18)28/h9-12,15H,5-8,13-14,23H2,1-4H3,(H,24,30)(H,25,28,29). The van der Waals surface area contributed by atoms with Gasteiger partial charge in [-0.25, -0.2) is 4.79 Å². The number of H-pyrrole nitrogens is 1. The van der Waals surface area contributed by atoms with Crippen molar-refractivity contribution in [2.75, 3.05) is 22.5 Å². The number of thiocarbonyl (C=S) groups is 1. The highest BCUT2D eigenvalue weighted by Crippen LogP contribution is 2.21. The second-order valence-corrected chi connectivity index (χ2v) is 8.10. The van der Waals surface area contributed by atoms with Crippen LogP contribution in [0, 0.1) is 0 Å². The van der Waals surface area contributed by atoms with E-state index in [0.717, 1.165) is 31.4 Å². The summed E-state index contributed by atoms with van der Waals surface area (Å²) in [6.07, 6.45) is 3.44. The number of benzene rings is 1. The Balaban J connectivity index is 2.40. The number of anilines is 3. The molecule has 0 unspecified atom stereocenters. The van der Waals surface area contributed by atoms with Crippen molar-refractivity contribution in [3.63, 3.8) is 0 Å². The molecule has 0 radical (unpaired) electrons. The van der Waals surface area contributed by atoms with Crippen LogP contribution in [-0.2, 0) is 6.54 Å². The molecule has 1 aromatic carbocycles. The molecule has 7 nitrogen and oxygen atoms in total. The van der Waals surface area contributed by atoms with Crippen molar-refractivity contribution in [2.45, 2.75) is 65.8 Å². The van der Waals surface area contributed by atoms with E-state index in [1.165, 1.54) is 10.1 Å². The first-order valence-corrected chi connectivity index (χ1v) is 11.0. The van der Waals surface area contributed by atoms with Gasteiger partial charge in [0.2, 0.25) is 0 Å². The zero-order valence-electron chi connectivity index (χ0n) is 18.3. The minimum Gasteiger partial charge on any atom is -0.383 e. The highest BCUT2D eigenvalue weighted by atomic mass is 32.1. The first kappa shape index (κ1) is 23.7. The Kier molecular flexibility index (Phi) is 8.65. The fraction of sp³-hybridized carbons (Fsp3) is 0.500. The van der Waals surface area contributed by atoms with Crippen molar-refractivity contribution >= 4 is 34.5 Å². The number of hydrogen-bond acceptors (Lipinski definition) is 4. The number of nitrogen functional groups attached to an aromatic ring is 1. The predicted octanol–water partition coefficient (Wildman–Crippen LogP) is 4.05. The van der Waals surface area contributed by atoms with E-state index < -0.39 is 11.2 Å². The lowest BCUT2D eigenvalue weighted by molar-refractivity contribution is 0.604. The molecule has 1 heterocycles. The highest BCUT2D eigenvalue weighted by Gasteiger charge is 2.22. The maximum atomic E-state index is 12.7. The number of nitrogens with one attached hydrogen (secondary N) is 2. The van der Waals surface area contributed by atoms with Gasteiger partial charge in [0.15, 0.2) is 10.8 Å². The van der Waals surface area contributed by atoms with Gasteiger partial charge < -0.3 is 16.0 Å². The van der Waals surface area contributed by atoms with Gasteiger partial charge in [-0.05, 0) is 48.7 Å². The molecule has 0 amide bonds. The van der Waals surface area contributed by atoms with E-state index in [2.05, 4.69) is 43.2 Å². The van der Waals surface area contributed by atoms with Crippen LogP contribution in [0.1, 0.15) is 64.9 Å². The van der Waals surface area contributed by atoms with Crippen molar-refractivity contribution < 1.29 is 0 Å². The Morgan fingerprint density at radius 2 is 1.80 bits per heavy atom. The van der Waals surface area contributed by atoms with E-state index in [9.17, 15) is 9.59 Å². The quantitative estimate of drug-likeness (QED) is 0.519. The third-order valence-electron chi connectivity index (χ3n) is 5.03. The van der Waals surface area contributed by atoms with Gasteiger partial charge in [-0.15, -0.1) is 0 Å². The van der Waals surface area contributed by atoms with Crippen LogP contribution in [0.25, 0.3) is 0 Å². The number of rotatable bonds is 9. The summed E-state index contributed by atoms with van der Waals surface area (Å²) in [6, 6.07) is 8.04. The van der Waals surface area contributed by atoms with Gasteiger partial charge in [0.25, 0.3) is 5.56 Å². The molecular formula is C22H33N5O2S. The zero-order valence-corrected chi connectivity index (χ0v) is 19.1. The Labute approximate surface area is 183 Å². The normalized spacial score (nSPS) is 11.0. The van der Waals surface area contributed by atoms with Gasteiger partial charge in [0.05, 0.1) is 0 Å². The maximum Gasteiger partial charge on any atom is 0.330 e. The van der Waals surface area contributed by atoms with Crippen molar-refractivity contribution in [1.82, 2.24) is 9.55 Å². The number of aromatic nitrogens is 2. The Morgan fingerprint density at radius 3 is 2.37 bits per heavy atom. The lowest BCUT2D eigenvalue weighted by Gasteiger charge is -2.27. The number of aromatic amines is 1. The number of hydrogen-bond donors (Lipinski definition) is 3. The lowest BCUT2D eigenvalue weighted by Crippen LogP contribution is -2.43. The van der Waals surface area contributed by atoms with Crippen LogP contribution in [0.4, 0.5) is 17.2 Å². The molecule has 0 bridgehead atoms. The Hall–Kier alpha value is -2.61. The first-order valence-electron chi connectivity index (χ1n) is 10.6. The fourth-order valence-corrected chi connectivity index (χ4v) is 3.45. The molecule has 30 heavy (non-hydrogen) atoms. The summed E-state index contributed by atoms with van der Waals surface area (Å²) in [6.45, 7) is 9.35. The zero-order chi connectivity index (χ0) is 22.3. The Bertz CT molecular complexity index is 963. The lowest BCUT2D eigenvalue weighted by atomic mass is 10.0. The van der Waals surface area contributed by atoms with Gasteiger partial charge in [0.1, 0.15) is 5.82 Å². The second-order valence-electron chi connectivity index (χ2n) is 7.71. The summed E-state index contributed by atoms with van der Waals surface area (Å²) in [4.78, 5) is 29.0. The largest absolute Gasteiger partial charge is 0.383 e. The average Bonchev–Trinajstić information content (AvgIpc) is 2.70. The predicted molar refractivity (Wildman–Crippen MR) is 130 cm³/mol. The van der Waals surface area contributed by atoms with Crippen molar-refractivity contribution in [3.05, 3.63) is 50.7 Å². The molecule has 0 saturated heterocycles. The summed E-state index contributed by atoms with van der Waals surface area (Å²) in [5, 5.41) is 3.58. The number of unbranched alkanes of at least 4 members (excludes halogenated alkanes) is 2. The minimum absolute atomic E-state index is 0.146. The second kappa shape index (κ2) is 11.0. The van der Waals surface area contributed by atoms with Gasteiger partial charge in [-0.3, -0.25) is 14.3 Å². The SMILES string of the molecule is CCCCN(C(=S)Nc1ccc(C(C)C)cc1)c1c(N)n(CCCC)c(=O)[nH]c1=O. The van der Waals surface area contributed by atoms with Crippen LogP contribution in [0.2, 0.25) is 0 Å². The van der Waals surface area contributed by atoms with Crippen LogP contribution in [-0.4, -0.2) is 21.2 Å². The summed E-state index contributed by atoms with van der Waals surface area (Å²) >= 11 is 5.64. The molecule has 0 spiro atoms. The van der Waals surface area contributed by atoms with E-state index in [1.807, 2.05) is 19.1 Å². The molecular weight excluding hydrogens is 398 g/mol. The smallest absolute Gasteiger partial charge is 0.330 e. The van der Waals surface area contributed by atoms with Gasteiger partial charge in [0, 0.05) is 18.8 Å². The van der Waals surface area contributed by atoms with Crippen molar-refractivity contribution in [2.24, 2.45) is 0 Å². The monoisotopic (exact) mass is 431 g/mol. The van der Waals surface area contributed by atoms with E-state index in [0.29, 0.717) is 24.1 Å². The number of nitrogens with zero attached hydrogens (tertiary/aromatic N) is 2. The fourth-order valence-electron chi connectivity index (χ4n) is 3.15. The minimum atomic E-state index is -0.527. The first-order chi connectivity index (χ1) is 14.3. The van der Waals surface area contributed by atoms with Crippen LogP contribution in [0.5, 0.6) is 0 Å². The third-order valence-corrected chi connectivity index (χ3v) is 5.35. The summed E-state index contributed by atoms with van der Waals surface area (Å²) in [5.74, 6) is 0.585. The van der Waals surface area contributed by atoms with Crippen molar-refractivity contribution in [1.29, 1.82) is 0 Å². The van der Waals surface area contributed by atoms with E-state index in [4.69, 9.17) is 18.0 Å².